The van der Waals surface area contributed by atoms with Crippen LogP contribution in [0.4, 0.5) is 8.78 Å². The van der Waals surface area contributed by atoms with Gasteiger partial charge in [-0.05, 0) is 47.7 Å². The highest BCUT2D eigenvalue weighted by Gasteiger charge is 2.26. The maximum Gasteiger partial charge on any atom is 0.335 e. The fourth-order valence-corrected chi connectivity index (χ4v) is 2.95. The smallest absolute Gasteiger partial charge is 0.335 e. The summed E-state index contributed by atoms with van der Waals surface area (Å²) in [5, 5.41) is 8.87. The lowest BCUT2D eigenvalue weighted by Gasteiger charge is -2.39. The van der Waals surface area contributed by atoms with Gasteiger partial charge in [0.05, 0.1) is 5.56 Å². The summed E-state index contributed by atoms with van der Waals surface area (Å²) < 4.78 is 26.1. The number of aromatic carboxylic acids is 1. The molecule has 0 bridgehead atoms. The maximum atomic E-state index is 13.2. The summed E-state index contributed by atoms with van der Waals surface area (Å²) >= 11 is 0. The number of carbonyl (C=O) groups is 1. The zero-order valence-electron chi connectivity index (χ0n) is 12.5. The van der Waals surface area contributed by atoms with Crippen molar-refractivity contribution < 1.29 is 18.7 Å². The molecule has 1 fully saturated rings. The van der Waals surface area contributed by atoms with Crippen LogP contribution < -0.4 is 0 Å². The van der Waals surface area contributed by atoms with E-state index in [2.05, 4.69) is 4.90 Å². The minimum absolute atomic E-state index is 0.286. The number of hydrogen-bond acceptors (Lipinski definition) is 2. The SMILES string of the molecule is O=C(O)c1ccc(CN2CC(Cc3ccc(F)c(F)c3)C2)cc1. The Hall–Kier alpha value is -2.27. The molecule has 1 N–H and O–H groups in total. The molecule has 5 heteroatoms. The number of nitrogens with zero attached hydrogens (tertiary/aromatic N) is 1. The monoisotopic (exact) mass is 317 g/mol. The topological polar surface area (TPSA) is 40.5 Å². The van der Waals surface area contributed by atoms with Crippen LogP contribution in [0.25, 0.3) is 0 Å². The van der Waals surface area contributed by atoms with Gasteiger partial charge in [-0.1, -0.05) is 18.2 Å². The molecule has 0 spiro atoms. The van der Waals surface area contributed by atoms with Crippen LogP contribution in [0.15, 0.2) is 42.5 Å². The first-order chi connectivity index (χ1) is 11.0. The summed E-state index contributed by atoms with van der Waals surface area (Å²) in [7, 11) is 0. The summed E-state index contributed by atoms with van der Waals surface area (Å²) in [6.45, 7) is 2.58. The van der Waals surface area contributed by atoms with E-state index >= 15 is 0 Å². The van der Waals surface area contributed by atoms with Crippen LogP contribution in [-0.4, -0.2) is 29.1 Å². The quantitative estimate of drug-likeness (QED) is 0.919. The highest BCUT2D eigenvalue weighted by Crippen LogP contribution is 2.23. The van der Waals surface area contributed by atoms with Crippen LogP contribution >= 0.6 is 0 Å². The average Bonchev–Trinajstić information content (AvgIpc) is 2.49. The lowest BCUT2D eigenvalue weighted by molar-refractivity contribution is 0.0696. The summed E-state index contributed by atoms with van der Waals surface area (Å²) in [6, 6.07) is 10.9. The summed E-state index contributed by atoms with van der Waals surface area (Å²) in [4.78, 5) is 13.1. The van der Waals surface area contributed by atoms with E-state index in [1.807, 2.05) is 12.1 Å². The van der Waals surface area contributed by atoms with Crippen LogP contribution in [0.1, 0.15) is 21.5 Å². The molecule has 2 aromatic carbocycles. The molecule has 3 nitrogen and oxygen atoms in total. The van der Waals surface area contributed by atoms with E-state index in [4.69, 9.17) is 5.11 Å². The largest absolute Gasteiger partial charge is 0.478 e. The highest BCUT2D eigenvalue weighted by atomic mass is 19.2. The van der Waals surface area contributed by atoms with E-state index in [0.717, 1.165) is 37.2 Å². The number of rotatable bonds is 5. The van der Waals surface area contributed by atoms with Crippen molar-refractivity contribution in [3.05, 3.63) is 70.8 Å². The molecular weight excluding hydrogens is 300 g/mol. The second kappa shape index (κ2) is 6.46. The van der Waals surface area contributed by atoms with Crippen LogP contribution in [-0.2, 0) is 13.0 Å². The Bertz CT molecular complexity index is 709. The van der Waals surface area contributed by atoms with Gasteiger partial charge >= 0.3 is 5.97 Å². The van der Waals surface area contributed by atoms with Crippen molar-refractivity contribution >= 4 is 5.97 Å². The van der Waals surface area contributed by atoms with Crippen molar-refractivity contribution in [2.45, 2.75) is 13.0 Å². The van der Waals surface area contributed by atoms with Gasteiger partial charge in [-0.15, -0.1) is 0 Å². The van der Waals surface area contributed by atoms with E-state index < -0.39 is 17.6 Å². The molecule has 0 amide bonds. The first-order valence-electron chi connectivity index (χ1n) is 7.50. The van der Waals surface area contributed by atoms with Gasteiger partial charge in [0, 0.05) is 19.6 Å². The Morgan fingerprint density at radius 1 is 1.04 bits per heavy atom. The Labute approximate surface area is 133 Å². The van der Waals surface area contributed by atoms with Crippen molar-refractivity contribution in [3.8, 4) is 0 Å². The first-order valence-corrected chi connectivity index (χ1v) is 7.50. The third-order valence-electron chi connectivity index (χ3n) is 4.15. The minimum Gasteiger partial charge on any atom is -0.478 e. The van der Waals surface area contributed by atoms with E-state index in [1.165, 1.54) is 12.1 Å². The van der Waals surface area contributed by atoms with Crippen LogP contribution in [0.5, 0.6) is 0 Å². The molecule has 0 aromatic heterocycles. The molecule has 120 valence electrons. The maximum absolute atomic E-state index is 13.2. The van der Waals surface area contributed by atoms with Crippen molar-refractivity contribution in [2.75, 3.05) is 13.1 Å². The number of benzene rings is 2. The number of likely N-dealkylation sites (tertiary alicyclic amines) is 1. The number of carboxylic acids is 1. The lowest BCUT2D eigenvalue weighted by atomic mass is 9.91. The van der Waals surface area contributed by atoms with E-state index in [0.29, 0.717) is 5.92 Å². The van der Waals surface area contributed by atoms with E-state index in [1.54, 1.807) is 18.2 Å². The predicted octanol–water partition coefficient (Wildman–Crippen LogP) is 3.34. The van der Waals surface area contributed by atoms with Gasteiger partial charge in [0.1, 0.15) is 0 Å². The van der Waals surface area contributed by atoms with Crippen molar-refractivity contribution in [3.63, 3.8) is 0 Å². The normalized spacial score (nSPS) is 15.4. The minimum atomic E-state index is -0.924. The fourth-order valence-electron chi connectivity index (χ4n) is 2.95. The Morgan fingerprint density at radius 3 is 2.30 bits per heavy atom. The molecule has 0 atom stereocenters. The second-order valence-corrected chi connectivity index (χ2v) is 6.01. The zero-order valence-corrected chi connectivity index (χ0v) is 12.5. The number of hydrogen-bond donors (Lipinski definition) is 1. The van der Waals surface area contributed by atoms with Crippen LogP contribution in [0, 0.1) is 17.6 Å². The Morgan fingerprint density at radius 2 is 1.70 bits per heavy atom. The third-order valence-corrected chi connectivity index (χ3v) is 4.15. The fraction of sp³-hybridized carbons (Fsp3) is 0.278. The summed E-state index contributed by atoms with van der Waals surface area (Å²) in [5.74, 6) is -2.09. The molecular formula is C18H17F2NO2. The first kappa shape index (κ1) is 15.6. The molecule has 1 saturated heterocycles. The lowest BCUT2D eigenvalue weighted by Crippen LogP contribution is -2.46. The molecule has 0 unspecified atom stereocenters. The molecule has 0 radical (unpaired) electrons. The molecule has 23 heavy (non-hydrogen) atoms. The molecule has 0 aliphatic carbocycles. The van der Waals surface area contributed by atoms with Gasteiger partial charge in [-0.25, -0.2) is 13.6 Å². The van der Waals surface area contributed by atoms with Gasteiger partial charge < -0.3 is 5.11 Å². The molecule has 1 aliphatic rings. The summed E-state index contributed by atoms with van der Waals surface area (Å²) in [5.41, 5.74) is 2.18. The van der Waals surface area contributed by atoms with Crippen LogP contribution in [0.3, 0.4) is 0 Å². The standard InChI is InChI=1S/C18H17F2NO2/c19-16-6-3-13(8-17(16)20)7-14-10-21(11-14)9-12-1-4-15(5-2-12)18(22)23/h1-6,8,14H,7,9-11H2,(H,22,23). The molecule has 1 aliphatic heterocycles. The second-order valence-electron chi connectivity index (χ2n) is 6.01. The van der Waals surface area contributed by atoms with Gasteiger partial charge in [0.15, 0.2) is 11.6 Å². The van der Waals surface area contributed by atoms with Crippen LogP contribution in [0.2, 0.25) is 0 Å². The van der Waals surface area contributed by atoms with Gasteiger partial charge in [0.25, 0.3) is 0 Å². The Balaban J connectivity index is 1.49. The summed E-state index contributed by atoms with van der Waals surface area (Å²) in [6.07, 6.45) is 0.742. The van der Waals surface area contributed by atoms with Crippen molar-refractivity contribution in [2.24, 2.45) is 5.92 Å². The number of carboxylic acid groups (broad SMARTS) is 1. The van der Waals surface area contributed by atoms with Crippen molar-refractivity contribution in [1.82, 2.24) is 4.90 Å². The van der Waals surface area contributed by atoms with Gasteiger partial charge in [0.2, 0.25) is 0 Å². The molecule has 1 heterocycles. The van der Waals surface area contributed by atoms with Gasteiger partial charge in [-0.3, -0.25) is 4.90 Å². The van der Waals surface area contributed by atoms with Crippen molar-refractivity contribution in [1.29, 1.82) is 0 Å². The Kier molecular flexibility index (Phi) is 4.39. The van der Waals surface area contributed by atoms with E-state index in [9.17, 15) is 13.6 Å². The zero-order chi connectivity index (χ0) is 16.4. The molecule has 0 saturated carbocycles. The predicted molar refractivity (Wildman–Crippen MR) is 82.2 cm³/mol. The molecule has 3 rings (SSSR count). The average molecular weight is 317 g/mol. The van der Waals surface area contributed by atoms with Gasteiger partial charge in [-0.2, -0.15) is 0 Å². The highest BCUT2D eigenvalue weighted by molar-refractivity contribution is 5.87. The third kappa shape index (κ3) is 3.74. The molecule has 2 aromatic rings. The van der Waals surface area contributed by atoms with E-state index in [-0.39, 0.29) is 5.56 Å². The number of halogens is 2.